The molecule has 2 rings (SSSR count). The fourth-order valence-electron chi connectivity index (χ4n) is 2.49. The third kappa shape index (κ3) is 4.81. The highest BCUT2D eigenvalue weighted by Crippen LogP contribution is 2.28. The average molecular weight is 379 g/mol. The molecule has 1 saturated carbocycles. The van der Waals surface area contributed by atoms with Gasteiger partial charge in [-0.25, -0.2) is 13.1 Å². The number of hydrogen-bond donors (Lipinski definition) is 2. The van der Waals surface area contributed by atoms with Crippen LogP contribution in [0.1, 0.15) is 45.3 Å². The van der Waals surface area contributed by atoms with Crippen molar-refractivity contribution in [2.24, 2.45) is 5.92 Å². The molecule has 1 aromatic heterocycles. The number of sulfonamides is 1. The van der Waals surface area contributed by atoms with Gasteiger partial charge in [0.1, 0.15) is 10.7 Å². The lowest BCUT2D eigenvalue weighted by atomic mass is 10.1. The van der Waals surface area contributed by atoms with Gasteiger partial charge in [0.2, 0.25) is 10.0 Å². The second-order valence-electron chi connectivity index (χ2n) is 5.89. The van der Waals surface area contributed by atoms with Crippen LogP contribution in [0.15, 0.2) is 20.0 Å². The maximum absolute atomic E-state index is 12.3. The van der Waals surface area contributed by atoms with E-state index in [0.717, 1.165) is 12.8 Å². The molecule has 0 amide bonds. The van der Waals surface area contributed by atoms with E-state index in [1.807, 2.05) is 13.8 Å². The van der Waals surface area contributed by atoms with Crippen LogP contribution < -0.4 is 10.0 Å². The Labute approximate surface area is 135 Å². The second-order valence-corrected chi connectivity index (χ2v) is 8.34. The van der Waals surface area contributed by atoms with E-state index in [2.05, 4.69) is 26.0 Å². The molecule has 0 bridgehead atoms. The Morgan fingerprint density at radius 2 is 2.05 bits per heavy atom. The lowest BCUT2D eigenvalue weighted by molar-refractivity contribution is 0.446. The molecule has 0 atom stereocenters. The molecule has 5 nitrogen and oxygen atoms in total. The molecule has 1 aliphatic rings. The SMILES string of the molecule is CC(C)NCc1cc(S(=O)(=O)NCC2CCCC2)c(Br)o1. The third-order valence-corrected chi connectivity index (χ3v) is 6.00. The first-order valence-corrected chi connectivity index (χ1v) is 9.67. The van der Waals surface area contributed by atoms with E-state index in [-0.39, 0.29) is 9.56 Å². The average Bonchev–Trinajstić information content (AvgIpc) is 3.03. The van der Waals surface area contributed by atoms with Crippen LogP contribution in [0.4, 0.5) is 0 Å². The summed E-state index contributed by atoms with van der Waals surface area (Å²) in [5.41, 5.74) is 0. The van der Waals surface area contributed by atoms with Gasteiger partial charge in [-0.3, -0.25) is 0 Å². The first-order chi connectivity index (χ1) is 9.88. The van der Waals surface area contributed by atoms with Crippen molar-refractivity contribution in [2.45, 2.75) is 57.0 Å². The van der Waals surface area contributed by atoms with Crippen molar-refractivity contribution in [3.63, 3.8) is 0 Å². The van der Waals surface area contributed by atoms with Gasteiger partial charge in [0.25, 0.3) is 0 Å². The Morgan fingerprint density at radius 1 is 1.38 bits per heavy atom. The first kappa shape index (κ1) is 17.0. The van der Waals surface area contributed by atoms with Crippen LogP contribution in [0.25, 0.3) is 0 Å². The minimum atomic E-state index is -3.51. The van der Waals surface area contributed by atoms with Gasteiger partial charge in [0.15, 0.2) is 4.67 Å². The summed E-state index contributed by atoms with van der Waals surface area (Å²) in [7, 11) is -3.51. The van der Waals surface area contributed by atoms with Crippen molar-refractivity contribution in [2.75, 3.05) is 6.54 Å². The molecule has 120 valence electrons. The zero-order chi connectivity index (χ0) is 15.5. The molecule has 0 aromatic carbocycles. The molecule has 1 heterocycles. The van der Waals surface area contributed by atoms with Crippen LogP contribution in [0.5, 0.6) is 0 Å². The Kier molecular flexibility index (Phi) is 5.88. The van der Waals surface area contributed by atoms with E-state index in [4.69, 9.17) is 4.42 Å². The fraction of sp³-hybridized carbons (Fsp3) is 0.714. The number of halogens is 1. The van der Waals surface area contributed by atoms with Gasteiger partial charge < -0.3 is 9.73 Å². The molecule has 1 aliphatic carbocycles. The first-order valence-electron chi connectivity index (χ1n) is 7.39. The molecule has 0 aliphatic heterocycles. The topological polar surface area (TPSA) is 71.3 Å². The van der Waals surface area contributed by atoms with E-state index in [1.54, 1.807) is 6.07 Å². The Morgan fingerprint density at radius 3 is 2.67 bits per heavy atom. The number of rotatable bonds is 7. The molecule has 0 radical (unpaired) electrons. The number of hydrogen-bond acceptors (Lipinski definition) is 4. The van der Waals surface area contributed by atoms with Crippen LogP contribution in [0.3, 0.4) is 0 Å². The molecule has 0 spiro atoms. The highest BCUT2D eigenvalue weighted by atomic mass is 79.9. The monoisotopic (exact) mass is 378 g/mol. The molecule has 2 N–H and O–H groups in total. The van der Waals surface area contributed by atoms with Crippen LogP contribution in [-0.4, -0.2) is 21.0 Å². The Bertz CT molecular complexity index is 563. The Balaban J connectivity index is 2.01. The van der Waals surface area contributed by atoms with E-state index in [0.29, 0.717) is 30.8 Å². The highest BCUT2D eigenvalue weighted by Gasteiger charge is 2.24. The molecule has 1 fully saturated rings. The third-order valence-electron chi connectivity index (χ3n) is 3.72. The zero-order valence-electron chi connectivity index (χ0n) is 12.5. The molecule has 0 unspecified atom stereocenters. The zero-order valence-corrected chi connectivity index (χ0v) is 14.9. The van der Waals surface area contributed by atoms with Gasteiger partial charge in [-0.1, -0.05) is 26.7 Å². The van der Waals surface area contributed by atoms with Crippen molar-refractivity contribution in [3.8, 4) is 0 Å². The molecule has 0 saturated heterocycles. The van der Waals surface area contributed by atoms with E-state index >= 15 is 0 Å². The minimum Gasteiger partial charge on any atom is -0.452 e. The van der Waals surface area contributed by atoms with Crippen LogP contribution in [0.2, 0.25) is 0 Å². The van der Waals surface area contributed by atoms with Gasteiger partial charge in [-0.15, -0.1) is 0 Å². The van der Waals surface area contributed by atoms with E-state index < -0.39 is 10.0 Å². The summed E-state index contributed by atoms with van der Waals surface area (Å²) in [6, 6.07) is 1.89. The van der Waals surface area contributed by atoms with Gasteiger partial charge >= 0.3 is 0 Å². The lowest BCUT2D eigenvalue weighted by Gasteiger charge is -2.10. The Hall–Kier alpha value is -0.370. The fourth-order valence-corrected chi connectivity index (χ4v) is 4.60. The summed E-state index contributed by atoms with van der Waals surface area (Å²) in [6.07, 6.45) is 4.62. The van der Waals surface area contributed by atoms with Gasteiger partial charge in [-0.2, -0.15) is 0 Å². The molecular weight excluding hydrogens is 356 g/mol. The normalized spacial score (nSPS) is 17.0. The quantitative estimate of drug-likeness (QED) is 0.764. The molecule has 7 heteroatoms. The minimum absolute atomic E-state index is 0.182. The maximum Gasteiger partial charge on any atom is 0.244 e. The summed E-state index contributed by atoms with van der Waals surface area (Å²) >= 11 is 3.20. The molecular formula is C14H23BrN2O3S. The van der Waals surface area contributed by atoms with Crippen molar-refractivity contribution in [1.29, 1.82) is 0 Å². The van der Waals surface area contributed by atoms with Gasteiger partial charge in [0, 0.05) is 18.7 Å². The smallest absolute Gasteiger partial charge is 0.244 e. The van der Waals surface area contributed by atoms with Crippen LogP contribution in [-0.2, 0) is 16.6 Å². The highest BCUT2D eigenvalue weighted by molar-refractivity contribution is 9.10. The molecule has 21 heavy (non-hydrogen) atoms. The van der Waals surface area contributed by atoms with Crippen molar-refractivity contribution in [3.05, 3.63) is 16.5 Å². The van der Waals surface area contributed by atoms with Crippen LogP contribution in [0, 0.1) is 5.92 Å². The number of furan rings is 1. The van der Waals surface area contributed by atoms with Crippen LogP contribution >= 0.6 is 15.9 Å². The summed E-state index contributed by atoms with van der Waals surface area (Å²) in [5.74, 6) is 1.07. The summed E-state index contributed by atoms with van der Waals surface area (Å²) in [5, 5.41) is 3.20. The maximum atomic E-state index is 12.3. The summed E-state index contributed by atoms with van der Waals surface area (Å²) in [6.45, 7) is 5.07. The van der Waals surface area contributed by atoms with Gasteiger partial charge in [-0.05, 0) is 34.7 Å². The predicted molar refractivity (Wildman–Crippen MR) is 85.5 cm³/mol. The van der Waals surface area contributed by atoms with E-state index in [9.17, 15) is 8.42 Å². The van der Waals surface area contributed by atoms with Gasteiger partial charge in [0.05, 0.1) is 6.54 Å². The largest absolute Gasteiger partial charge is 0.452 e. The predicted octanol–water partition coefficient (Wildman–Crippen LogP) is 3.01. The summed E-state index contributed by atoms with van der Waals surface area (Å²) in [4.78, 5) is 0.182. The van der Waals surface area contributed by atoms with Crippen molar-refractivity contribution >= 4 is 26.0 Å². The number of nitrogens with one attached hydrogen (secondary N) is 2. The van der Waals surface area contributed by atoms with E-state index in [1.165, 1.54) is 12.8 Å². The second kappa shape index (κ2) is 7.26. The molecule has 1 aromatic rings. The standard InChI is InChI=1S/C14H23BrN2O3S/c1-10(2)16-9-12-7-13(14(15)20-12)21(18,19)17-8-11-5-3-4-6-11/h7,10-11,16-17H,3-6,8-9H2,1-2H3. The summed E-state index contributed by atoms with van der Waals surface area (Å²) < 4.78 is 33.1. The lowest BCUT2D eigenvalue weighted by Crippen LogP contribution is -2.28. The van der Waals surface area contributed by atoms with Crippen molar-refractivity contribution < 1.29 is 12.8 Å². The van der Waals surface area contributed by atoms with Crippen molar-refractivity contribution in [1.82, 2.24) is 10.0 Å².